The van der Waals surface area contributed by atoms with Gasteiger partial charge in [-0.05, 0) is 66.9 Å². The standard InChI is InChI=1S/C30H27N3O7/c1-3-40-22-10-6-18(7-11-22)27-26(28(34)19-4-8-21(9-5-19)33(37)38)29(35)30(36)32(27)15-14-20-17-31-25-13-12-23(39-2)16-24(20)25/h4-13,16-17,27,31,34H,3,14-15H2,1-2H3/b28-26-. The Labute approximate surface area is 229 Å². The summed E-state index contributed by atoms with van der Waals surface area (Å²) in [7, 11) is 1.59. The number of H-pyrrole nitrogens is 1. The Morgan fingerprint density at radius 3 is 2.40 bits per heavy atom. The average Bonchev–Trinajstić information content (AvgIpc) is 3.49. The number of hydrogen-bond acceptors (Lipinski definition) is 7. The van der Waals surface area contributed by atoms with Gasteiger partial charge in [-0.3, -0.25) is 19.7 Å². The number of likely N-dealkylation sites (tertiary alicyclic amines) is 1. The van der Waals surface area contributed by atoms with E-state index in [1.807, 2.05) is 31.3 Å². The Kier molecular flexibility index (Phi) is 7.24. The van der Waals surface area contributed by atoms with Gasteiger partial charge >= 0.3 is 0 Å². The Morgan fingerprint density at radius 2 is 1.75 bits per heavy atom. The molecule has 4 aromatic rings. The van der Waals surface area contributed by atoms with Gasteiger partial charge in [0, 0.05) is 41.3 Å². The number of ether oxygens (including phenoxy) is 2. The minimum atomic E-state index is -0.870. The molecular weight excluding hydrogens is 514 g/mol. The number of nitro benzene ring substituents is 1. The van der Waals surface area contributed by atoms with E-state index in [0.29, 0.717) is 30.1 Å². The predicted octanol–water partition coefficient (Wildman–Crippen LogP) is 5.15. The molecule has 1 aromatic heterocycles. The number of benzene rings is 3. The van der Waals surface area contributed by atoms with Crippen molar-refractivity contribution >= 4 is 34.0 Å². The van der Waals surface area contributed by atoms with Gasteiger partial charge in [-0.25, -0.2) is 0 Å². The first-order valence-corrected chi connectivity index (χ1v) is 12.7. The number of aliphatic hydroxyl groups is 1. The molecule has 1 atom stereocenters. The van der Waals surface area contributed by atoms with Gasteiger partial charge in [0.2, 0.25) is 0 Å². The summed E-state index contributed by atoms with van der Waals surface area (Å²) >= 11 is 0. The van der Waals surface area contributed by atoms with Crippen molar-refractivity contribution in [3.63, 3.8) is 0 Å². The van der Waals surface area contributed by atoms with Crippen LogP contribution in [0.25, 0.3) is 16.7 Å². The number of nitrogens with one attached hydrogen (secondary N) is 1. The van der Waals surface area contributed by atoms with Crippen molar-refractivity contribution in [2.45, 2.75) is 19.4 Å². The number of nitrogens with zero attached hydrogens (tertiary/aromatic N) is 2. The molecule has 204 valence electrons. The molecule has 10 nitrogen and oxygen atoms in total. The lowest BCUT2D eigenvalue weighted by Gasteiger charge is -2.25. The second-order valence-corrected chi connectivity index (χ2v) is 9.27. The fourth-order valence-corrected chi connectivity index (χ4v) is 5.00. The topological polar surface area (TPSA) is 135 Å². The van der Waals surface area contributed by atoms with Crippen LogP contribution in [0.5, 0.6) is 11.5 Å². The number of aromatic amines is 1. The van der Waals surface area contributed by atoms with Gasteiger partial charge < -0.3 is 24.5 Å². The number of Topliss-reactive ketones (excluding diaryl/α,β-unsaturated/α-hetero) is 1. The zero-order valence-electron chi connectivity index (χ0n) is 21.9. The monoisotopic (exact) mass is 541 g/mol. The first-order chi connectivity index (χ1) is 19.3. The number of nitro groups is 1. The number of hydrogen-bond donors (Lipinski definition) is 2. The lowest BCUT2D eigenvalue weighted by atomic mass is 9.95. The predicted molar refractivity (Wildman–Crippen MR) is 148 cm³/mol. The number of amides is 1. The van der Waals surface area contributed by atoms with Gasteiger partial charge in [-0.2, -0.15) is 0 Å². The molecule has 0 radical (unpaired) electrons. The van der Waals surface area contributed by atoms with E-state index in [1.165, 1.54) is 29.2 Å². The van der Waals surface area contributed by atoms with Crippen LogP contribution in [0.15, 0.2) is 78.5 Å². The molecule has 1 unspecified atom stereocenters. The van der Waals surface area contributed by atoms with E-state index in [9.17, 15) is 24.8 Å². The molecule has 1 amide bonds. The first-order valence-electron chi connectivity index (χ1n) is 12.7. The molecule has 1 aliphatic rings. The highest BCUT2D eigenvalue weighted by atomic mass is 16.6. The largest absolute Gasteiger partial charge is 0.507 e. The summed E-state index contributed by atoms with van der Waals surface area (Å²) < 4.78 is 10.9. The van der Waals surface area contributed by atoms with E-state index in [4.69, 9.17) is 9.47 Å². The lowest BCUT2D eigenvalue weighted by Crippen LogP contribution is -2.31. The van der Waals surface area contributed by atoms with Crippen molar-refractivity contribution in [3.05, 3.63) is 105 Å². The number of carbonyl (C=O) groups is 2. The fraction of sp³-hybridized carbons (Fsp3) is 0.200. The van der Waals surface area contributed by atoms with Crippen LogP contribution in [0, 0.1) is 10.1 Å². The van der Waals surface area contributed by atoms with Gasteiger partial charge in [-0.15, -0.1) is 0 Å². The Morgan fingerprint density at radius 1 is 1.05 bits per heavy atom. The molecule has 0 spiro atoms. The molecule has 3 aromatic carbocycles. The highest BCUT2D eigenvalue weighted by Gasteiger charge is 2.46. The van der Waals surface area contributed by atoms with Crippen LogP contribution in [-0.4, -0.2) is 51.9 Å². The van der Waals surface area contributed by atoms with E-state index in [2.05, 4.69) is 4.98 Å². The molecule has 1 saturated heterocycles. The second-order valence-electron chi connectivity index (χ2n) is 9.27. The number of ketones is 1. The van der Waals surface area contributed by atoms with Gasteiger partial charge in [-0.1, -0.05) is 12.1 Å². The number of non-ortho nitro benzene ring substituents is 1. The third-order valence-electron chi connectivity index (χ3n) is 6.99. The minimum Gasteiger partial charge on any atom is -0.507 e. The van der Waals surface area contributed by atoms with Crippen molar-refractivity contribution in [3.8, 4) is 11.5 Å². The molecule has 0 aliphatic carbocycles. The Bertz CT molecular complexity index is 1620. The molecule has 0 bridgehead atoms. The maximum atomic E-state index is 13.4. The molecule has 40 heavy (non-hydrogen) atoms. The highest BCUT2D eigenvalue weighted by molar-refractivity contribution is 6.46. The summed E-state index contributed by atoms with van der Waals surface area (Å²) in [4.78, 5) is 41.9. The number of aromatic nitrogens is 1. The van der Waals surface area contributed by atoms with Crippen LogP contribution in [0.3, 0.4) is 0 Å². The molecular formula is C30H27N3O7. The van der Waals surface area contributed by atoms with Gasteiger partial charge in [0.25, 0.3) is 17.4 Å². The van der Waals surface area contributed by atoms with Gasteiger partial charge in [0.1, 0.15) is 17.3 Å². The van der Waals surface area contributed by atoms with Gasteiger partial charge in [0.05, 0.1) is 30.3 Å². The maximum Gasteiger partial charge on any atom is 0.295 e. The number of rotatable bonds is 9. The zero-order valence-corrected chi connectivity index (χ0v) is 21.9. The van der Waals surface area contributed by atoms with Gasteiger partial charge in [0.15, 0.2) is 0 Å². The number of aliphatic hydroxyl groups excluding tert-OH is 1. The van der Waals surface area contributed by atoms with Crippen molar-refractivity contribution in [2.75, 3.05) is 20.3 Å². The molecule has 2 heterocycles. The van der Waals surface area contributed by atoms with Crippen molar-refractivity contribution in [1.82, 2.24) is 9.88 Å². The number of methoxy groups -OCH3 is 1. The molecule has 1 aliphatic heterocycles. The molecule has 5 rings (SSSR count). The van der Waals surface area contributed by atoms with E-state index in [-0.39, 0.29) is 23.4 Å². The zero-order chi connectivity index (χ0) is 28.4. The Balaban J connectivity index is 1.54. The lowest BCUT2D eigenvalue weighted by molar-refractivity contribution is -0.384. The molecule has 2 N–H and O–H groups in total. The minimum absolute atomic E-state index is 0.0800. The third kappa shape index (κ3) is 4.86. The van der Waals surface area contributed by atoms with E-state index < -0.39 is 28.4 Å². The van der Waals surface area contributed by atoms with Crippen LogP contribution < -0.4 is 9.47 Å². The second kappa shape index (κ2) is 10.9. The van der Waals surface area contributed by atoms with Crippen molar-refractivity contribution in [1.29, 1.82) is 0 Å². The SMILES string of the molecule is CCOc1ccc(C2/C(=C(/O)c3ccc([N+](=O)[O-])cc3)C(=O)C(=O)N2CCc2c[nH]c3ccc(OC)cc23)cc1. The normalized spacial score (nSPS) is 16.4. The smallest absolute Gasteiger partial charge is 0.295 e. The average molecular weight is 542 g/mol. The highest BCUT2D eigenvalue weighted by Crippen LogP contribution is 2.40. The van der Waals surface area contributed by atoms with E-state index in [0.717, 1.165) is 16.5 Å². The summed E-state index contributed by atoms with van der Waals surface area (Å²) in [5.41, 5.74) is 2.43. The fourth-order valence-electron chi connectivity index (χ4n) is 5.00. The molecule has 0 saturated carbocycles. The number of carbonyl (C=O) groups excluding carboxylic acids is 2. The molecule has 10 heteroatoms. The van der Waals surface area contributed by atoms with Crippen molar-refractivity contribution < 1.29 is 29.1 Å². The van der Waals surface area contributed by atoms with Crippen LogP contribution in [0.1, 0.15) is 29.7 Å². The maximum absolute atomic E-state index is 13.4. The Hall–Kier alpha value is -5.12. The molecule has 1 fully saturated rings. The quantitative estimate of drug-likeness (QED) is 0.0984. The summed E-state index contributed by atoms with van der Waals surface area (Å²) in [5.74, 6) is -0.626. The van der Waals surface area contributed by atoms with Crippen LogP contribution in [-0.2, 0) is 16.0 Å². The summed E-state index contributed by atoms with van der Waals surface area (Å²) in [5, 5.41) is 23.3. The number of fused-ring (bicyclic) bond motifs is 1. The van der Waals surface area contributed by atoms with Crippen LogP contribution >= 0.6 is 0 Å². The summed E-state index contributed by atoms with van der Waals surface area (Å²) in [6.45, 7) is 2.55. The van der Waals surface area contributed by atoms with E-state index in [1.54, 1.807) is 31.4 Å². The summed E-state index contributed by atoms with van der Waals surface area (Å²) in [6.07, 6.45) is 2.30. The first kappa shape index (κ1) is 26.5. The van der Waals surface area contributed by atoms with E-state index >= 15 is 0 Å². The third-order valence-corrected chi connectivity index (χ3v) is 6.99. The van der Waals surface area contributed by atoms with Crippen LogP contribution in [0.2, 0.25) is 0 Å². The summed E-state index contributed by atoms with van der Waals surface area (Å²) in [6, 6.07) is 17.0. The van der Waals surface area contributed by atoms with Crippen LogP contribution in [0.4, 0.5) is 5.69 Å². The van der Waals surface area contributed by atoms with Crippen molar-refractivity contribution in [2.24, 2.45) is 0 Å².